The van der Waals surface area contributed by atoms with Crippen molar-refractivity contribution in [3.05, 3.63) is 48.2 Å². The number of fused-ring (bicyclic) bond motifs is 1. The van der Waals surface area contributed by atoms with E-state index in [1.807, 2.05) is 19.2 Å². The molecule has 2 N–H and O–H groups in total. The van der Waals surface area contributed by atoms with Crippen LogP contribution in [0.4, 0.5) is 17.2 Å². The maximum atomic E-state index is 5.99. The Bertz CT molecular complexity index is 624. The Balaban J connectivity index is 2.04. The number of pyridine rings is 1. The first kappa shape index (κ1) is 13.9. The van der Waals surface area contributed by atoms with Crippen molar-refractivity contribution in [3.8, 4) is 0 Å². The van der Waals surface area contributed by atoms with Crippen molar-refractivity contribution in [2.75, 3.05) is 29.9 Å². The minimum atomic E-state index is 0.135. The van der Waals surface area contributed by atoms with Crippen molar-refractivity contribution in [1.29, 1.82) is 0 Å². The van der Waals surface area contributed by atoms with Crippen molar-refractivity contribution < 1.29 is 0 Å². The third-order valence-electron chi connectivity index (χ3n) is 3.91. The molecule has 21 heavy (non-hydrogen) atoms. The summed E-state index contributed by atoms with van der Waals surface area (Å²) in [6.07, 6.45) is 2.71. The third kappa shape index (κ3) is 2.72. The molecule has 4 nitrogen and oxygen atoms in total. The first-order valence-corrected chi connectivity index (χ1v) is 7.44. The number of hydrogen-bond acceptors (Lipinski definition) is 4. The average molecular weight is 282 g/mol. The molecule has 1 aliphatic rings. The van der Waals surface area contributed by atoms with E-state index in [4.69, 9.17) is 5.73 Å². The van der Waals surface area contributed by atoms with Crippen molar-refractivity contribution in [1.82, 2.24) is 4.98 Å². The molecule has 1 aromatic carbocycles. The van der Waals surface area contributed by atoms with Crippen molar-refractivity contribution in [2.45, 2.75) is 19.4 Å². The lowest BCUT2D eigenvalue weighted by Gasteiger charge is -2.37. The number of nitrogens with two attached hydrogens (primary N) is 1. The third-order valence-corrected chi connectivity index (χ3v) is 3.91. The summed E-state index contributed by atoms with van der Waals surface area (Å²) in [5, 5.41) is 0. The van der Waals surface area contributed by atoms with Crippen molar-refractivity contribution in [3.63, 3.8) is 0 Å². The van der Waals surface area contributed by atoms with E-state index in [-0.39, 0.29) is 6.04 Å². The van der Waals surface area contributed by atoms with Gasteiger partial charge in [0.15, 0.2) is 0 Å². The number of anilines is 3. The first-order valence-electron chi connectivity index (χ1n) is 7.44. The molecule has 4 heteroatoms. The van der Waals surface area contributed by atoms with Crippen LogP contribution in [0, 0.1) is 0 Å². The quantitative estimate of drug-likeness (QED) is 0.940. The van der Waals surface area contributed by atoms with Gasteiger partial charge in [-0.2, -0.15) is 0 Å². The van der Waals surface area contributed by atoms with Gasteiger partial charge in [0.05, 0.1) is 11.4 Å². The summed E-state index contributed by atoms with van der Waals surface area (Å²) >= 11 is 0. The first-order chi connectivity index (χ1) is 10.2. The zero-order valence-electron chi connectivity index (χ0n) is 12.7. The van der Waals surface area contributed by atoms with Gasteiger partial charge in [0.2, 0.25) is 0 Å². The van der Waals surface area contributed by atoms with Crippen LogP contribution in [0.2, 0.25) is 0 Å². The van der Waals surface area contributed by atoms with Crippen molar-refractivity contribution >= 4 is 17.2 Å². The van der Waals surface area contributed by atoms with E-state index in [9.17, 15) is 0 Å². The molecule has 1 aliphatic heterocycles. The largest absolute Gasteiger partial charge is 0.371 e. The summed E-state index contributed by atoms with van der Waals surface area (Å²) in [6, 6.07) is 12.7. The van der Waals surface area contributed by atoms with Gasteiger partial charge in [-0.15, -0.1) is 0 Å². The van der Waals surface area contributed by atoms with E-state index in [0.717, 1.165) is 25.3 Å². The van der Waals surface area contributed by atoms with Crippen LogP contribution in [0.25, 0.3) is 0 Å². The second-order valence-electron chi connectivity index (χ2n) is 5.73. The molecule has 1 aromatic heterocycles. The Labute approximate surface area is 126 Å². The molecular formula is C17H22N4. The van der Waals surface area contributed by atoms with Crippen LogP contribution in [-0.2, 0) is 6.42 Å². The summed E-state index contributed by atoms with van der Waals surface area (Å²) in [5.41, 5.74) is 9.67. The van der Waals surface area contributed by atoms with Crippen LogP contribution in [0.15, 0.2) is 42.6 Å². The summed E-state index contributed by atoms with van der Waals surface area (Å²) in [6.45, 7) is 3.97. The summed E-state index contributed by atoms with van der Waals surface area (Å²) in [7, 11) is 2.14. The zero-order chi connectivity index (χ0) is 14.8. The maximum absolute atomic E-state index is 5.99. The van der Waals surface area contributed by atoms with Gasteiger partial charge in [-0.25, -0.2) is 4.98 Å². The monoisotopic (exact) mass is 282 g/mol. The van der Waals surface area contributed by atoms with E-state index in [2.05, 4.69) is 52.2 Å². The number of nitrogens with zero attached hydrogens (tertiary/aromatic N) is 3. The van der Waals surface area contributed by atoms with E-state index in [0.29, 0.717) is 0 Å². The van der Waals surface area contributed by atoms with Gasteiger partial charge in [0, 0.05) is 32.4 Å². The fraction of sp³-hybridized carbons (Fsp3) is 0.353. The number of aromatic nitrogens is 1. The fourth-order valence-corrected chi connectivity index (χ4v) is 2.91. The number of likely N-dealkylation sites (N-methyl/N-ethyl adjacent to an activating group) is 1. The summed E-state index contributed by atoms with van der Waals surface area (Å²) in [4.78, 5) is 9.24. The van der Waals surface area contributed by atoms with Crippen LogP contribution >= 0.6 is 0 Å². The van der Waals surface area contributed by atoms with Gasteiger partial charge in [0.25, 0.3) is 0 Å². The second-order valence-corrected chi connectivity index (χ2v) is 5.73. The molecule has 3 rings (SSSR count). The van der Waals surface area contributed by atoms with Crippen LogP contribution in [0.5, 0.6) is 0 Å². The van der Waals surface area contributed by atoms with E-state index in [1.54, 1.807) is 0 Å². The molecule has 0 aliphatic carbocycles. The normalized spacial score (nSPS) is 15.8. The lowest BCUT2D eigenvalue weighted by atomic mass is 10.1. The predicted octanol–water partition coefficient (Wildman–Crippen LogP) is 2.56. The number of rotatable bonds is 3. The number of para-hydroxylation sites is 2. The molecule has 0 amide bonds. The minimum Gasteiger partial charge on any atom is -0.371 e. The van der Waals surface area contributed by atoms with Gasteiger partial charge in [-0.3, -0.25) is 0 Å². The minimum absolute atomic E-state index is 0.135. The Morgan fingerprint density at radius 2 is 1.90 bits per heavy atom. The standard InChI is InChI=1S/C17H22N4/c1-13(18)12-14-6-5-9-19-17(14)21-11-10-20(2)15-7-3-4-8-16(15)21/h3-9,13H,10-12,18H2,1-2H3. The SMILES string of the molecule is CC(N)Cc1cccnc1N1CCN(C)c2ccccc21. The zero-order valence-corrected chi connectivity index (χ0v) is 12.7. The molecule has 1 unspecified atom stereocenters. The summed E-state index contributed by atoms with van der Waals surface area (Å²) in [5.74, 6) is 1.04. The van der Waals surface area contributed by atoms with Crippen molar-refractivity contribution in [2.24, 2.45) is 5.73 Å². The molecule has 1 atom stereocenters. The highest BCUT2D eigenvalue weighted by Gasteiger charge is 2.23. The molecule has 0 bridgehead atoms. The lowest BCUT2D eigenvalue weighted by molar-refractivity contribution is 0.729. The van der Waals surface area contributed by atoms with E-state index in [1.165, 1.54) is 16.9 Å². The molecule has 0 radical (unpaired) electrons. The van der Waals surface area contributed by atoms with Crippen LogP contribution in [0.3, 0.4) is 0 Å². The molecule has 2 aromatic rings. The van der Waals surface area contributed by atoms with Gasteiger partial charge in [-0.05, 0) is 37.1 Å². The highest BCUT2D eigenvalue weighted by atomic mass is 15.3. The smallest absolute Gasteiger partial charge is 0.136 e. The summed E-state index contributed by atoms with van der Waals surface area (Å²) < 4.78 is 0. The second kappa shape index (κ2) is 5.74. The number of benzene rings is 1. The maximum Gasteiger partial charge on any atom is 0.136 e. The number of hydrogen-bond donors (Lipinski definition) is 1. The van der Waals surface area contributed by atoms with Crippen LogP contribution in [-0.4, -0.2) is 31.2 Å². The van der Waals surface area contributed by atoms with Crippen LogP contribution in [0.1, 0.15) is 12.5 Å². The topological polar surface area (TPSA) is 45.4 Å². The van der Waals surface area contributed by atoms with Gasteiger partial charge in [0.1, 0.15) is 5.82 Å². The van der Waals surface area contributed by atoms with E-state index >= 15 is 0 Å². The highest BCUT2D eigenvalue weighted by Crippen LogP contribution is 2.37. The van der Waals surface area contributed by atoms with Gasteiger partial charge >= 0.3 is 0 Å². The molecule has 0 saturated carbocycles. The lowest BCUT2D eigenvalue weighted by Crippen LogP contribution is -2.37. The Morgan fingerprint density at radius 3 is 2.67 bits per heavy atom. The van der Waals surface area contributed by atoms with Gasteiger partial charge in [-0.1, -0.05) is 18.2 Å². The fourth-order valence-electron chi connectivity index (χ4n) is 2.91. The molecule has 0 spiro atoms. The Morgan fingerprint density at radius 1 is 1.14 bits per heavy atom. The van der Waals surface area contributed by atoms with Gasteiger partial charge < -0.3 is 15.5 Å². The predicted molar refractivity (Wildman–Crippen MR) is 88.3 cm³/mol. The van der Waals surface area contributed by atoms with Crippen LogP contribution < -0.4 is 15.5 Å². The molecule has 0 saturated heterocycles. The van der Waals surface area contributed by atoms with E-state index < -0.39 is 0 Å². The molecular weight excluding hydrogens is 260 g/mol. The Hall–Kier alpha value is -2.07. The average Bonchev–Trinajstić information content (AvgIpc) is 2.48. The molecule has 0 fully saturated rings. The molecule has 110 valence electrons. The highest BCUT2D eigenvalue weighted by molar-refractivity contribution is 5.78. The Kier molecular flexibility index (Phi) is 3.80. The molecule has 2 heterocycles.